The van der Waals surface area contributed by atoms with Gasteiger partial charge in [-0.15, -0.1) is 11.8 Å². The first-order valence-electron chi connectivity index (χ1n) is 12.5. The van der Waals surface area contributed by atoms with Gasteiger partial charge < -0.3 is 14.6 Å². The number of aliphatic carboxylic acids is 1. The van der Waals surface area contributed by atoms with Crippen LogP contribution in [-0.2, 0) is 11.2 Å². The molecule has 1 atom stereocenters. The zero-order valence-electron chi connectivity index (χ0n) is 22.2. The Morgan fingerprint density at radius 2 is 1.56 bits per heavy atom. The van der Waals surface area contributed by atoms with Crippen molar-refractivity contribution >= 4 is 49.6 Å². The molecule has 0 aromatic heterocycles. The molecule has 4 nitrogen and oxygen atoms in total. The summed E-state index contributed by atoms with van der Waals surface area (Å²) in [6.45, 7) is 6.36. The quantitative estimate of drug-likeness (QED) is 0.170. The van der Waals surface area contributed by atoms with Gasteiger partial charge in [-0.2, -0.15) is 0 Å². The maximum Gasteiger partial charge on any atom is 0.307 e. The molecule has 0 spiro atoms. The first kappa shape index (κ1) is 29.2. The number of hydrogen-bond acceptors (Lipinski definition) is 4. The maximum absolute atomic E-state index is 11.3. The number of carbonyl (C=O) groups is 1. The fraction of sp³-hybridized carbons (Fsp3) is 0.219. The molecule has 39 heavy (non-hydrogen) atoms. The van der Waals surface area contributed by atoms with Crippen molar-refractivity contribution < 1.29 is 19.4 Å². The molecule has 0 aliphatic rings. The molecule has 0 fully saturated rings. The first-order chi connectivity index (χ1) is 18.7. The third-order valence-electron chi connectivity index (χ3n) is 6.23. The molecule has 4 aromatic carbocycles. The van der Waals surface area contributed by atoms with Gasteiger partial charge in [-0.05, 0) is 92.2 Å². The van der Waals surface area contributed by atoms with E-state index in [2.05, 4.69) is 101 Å². The second-order valence-corrected chi connectivity index (χ2v) is 12.5. The van der Waals surface area contributed by atoms with Crippen LogP contribution in [0.2, 0.25) is 0 Å². The molecule has 4 rings (SSSR count). The van der Waals surface area contributed by atoms with Crippen LogP contribution >= 0.6 is 43.6 Å². The number of carboxylic acids is 1. The minimum Gasteiger partial charge on any atom is -0.496 e. The van der Waals surface area contributed by atoms with Gasteiger partial charge in [0.15, 0.2) is 5.75 Å². The van der Waals surface area contributed by atoms with E-state index in [0.29, 0.717) is 26.0 Å². The van der Waals surface area contributed by atoms with Crippen LogP contribution in [0.5, 0.6) is 17.2 Å². The summed E-state index contributed by atoms with van der Waals surface area (Å²) in [6, 6.07) is 26.6. The summed E-state index contributed by atoms with van der Waals surface area (Å²) in [6.07, 6.45) is -0.0775. The van der Waals surface area contributed by atoms with E-state index in [9.17, 15) is 9.90 Å². The predicted molar refractivity (Wildman–Crippen MR) is 166 cm³/mol. The van der Waals surface area contributed by atoms with Crippen molar-refractivity contribution in [3.8, 4) is 17.2 Å². The first-order valence-corrected chi connectivity index (χ1v) is 15.0. The van der Waals surface area contributed by atoms with Crippen LogP contribution in [0, 0.1) is 6.92 Å². The van der Waals surface area contributed by atoms with Crippen molar-refractivity contribution in [2.45, 2.75) is 43.3 Å². The van der Waals surface area contributed by atoms with E-state index in [4.69, 9.17) is 9.47 Å². The Morgan fingerprint density at radius 1 is 0.897 bits per heavy atom. The Hall–Kier alpha value is -2.74. The lowest BCUT2D eigenvalue weighted by atomic mass is 9.95. The fourth-order valence-corrected chi connectivity index (χ4v) is 7.01. The van der Waals surface area contributed by atoms with E-state index in [0.717, 1.165) is 27.3 Å². The average molecular weight is 670 g/mol. The normalized spacial score (nSPS) is 11.9. The van der Waals surface area contributed by atoms with E-state index in [1.807, 2.05) is 18.2 Å². The van der Waals surface area contributed by atoms with Gasteiger partial charge in [0.05, 0.1) is 27.7 Å². The minimum absolute atomic E-state index is 0.0775. The van der Waals surface area contributed by atoms with Crippen LogP contribution < -0.4 is 9.47 Å². The van der Waals surface area contributed by atoms with Crippen molar-refractivity contribution in [2.24, 2.45) is 0 Å². The molecule has 0 saturated heterocycles. The van der Waals surface area contributed by atoms with Gasteiger partial charge in [0, 0.05) is 16.0 Å². The van der Waals surface area contributed by atoms with Crippen molar-refractivity contribution in [3.05, 3.63) is 116 Å². The molecule has 0 aliphatic carbocycles. The smallest absolute Gasteiger partial charge is 0.307 e. The summed E-state index contributed by atoms with van der Waals surface area (Å²) in [7, 11) is 1.70. The number of benzene rings is 4. The van der Waals surface area contributed by atoms with Gasteiger partial charge in [-0.25, -0.2) is 0 Å². The topological polar surface area (TPSA) is 55.8 Å². The third-order valence-corrected chi connectivity index (χ3v) is 8.72. The standard InChI is InChI=1S/C32H30Br2O4S/c1-19(2)24-17-29(38-31-26(33)14-21(15-27(31)34)16-30(35)36)25(18-28(24)37-4)32(22-10-8-9-20(3)13-22)39-23-11-6-5-7-12-23/h5-15,17-19,32H,16H2,1-4H3,(H,35,36). The lowest BCUT2D eigenvalue weighted by Crippen LogP contribution is -2.05. The molecule has 202 valence electrons. The Labute approximate surface area is 251 Å². The minimum atomic E-state index is -0.889. The molecule has 0 radical (unpaired) electrons. The van der Waals surface area contributed by atoms with Gasteiger partial charge in [0.2, 0.25) is 0 Å². The van der Waals surface area contributed by atoms with Crippen molar-refractivity contribution in [3.63, 3.8) is 0 Å². The van der Waals surface area contributed by atoms with Crippen LogP contribution in [0.1, 0.15) is 52.8 Å². The lowest BCUT2D eigenvalue weighted by molar-refractivity contribution is -0.136. The average Bonchev–Trinajstić information content (AvgIpc) is 2.89. The maximum atomic E-state index is 11.3. The highest BCUT2D eigenvalue weighted by Gasteiger charge is 2.25. The number of halogens is 2. The van der Waals surface area contributed by atoms with Crippen LogP contribution in [0.3, 0.4) is 0 Å². The number of rotatable bonds is 10. The van der Waals surface area contributed by atoms with Crippen LogP contribution in [0.4, 0.5) is 0 Å². The molecule has 0 aliphatic heterocycles. The van der Waals surface area contributed by atoms with Crippen molar-refractivity contribution in [2.75, 3.05) is 7.11 Å². The highest BCUT2D eigenvalue weighted by Crippen LogP contribution is 2.49. The predicted octanol–water partition coefficient (Wildman–Crippen LogP) is 9.95. The number of hydrogen-bond donors (Lipinski definition) is 1. The van der Waals surface area contributed by atoms with Crippen LogP contribution in [0.15, 0.2) is 92.7 Å². The molecule has 7 heteroatoms. The van der Waals surface area contributed by atoms with Gasteiger partial charge in [-0.3, -0.25) is 4.79 Å². The number of thioether (sulfide) groups is 1. The highest BCUT2D eigenvalue weighted by molar-refractivity contribution is 9.11. The van der Waals surface area contributed by atoms with E-state index < -0.39 is 5.97 Å². The fourth-order valence-electron chi connectivity index (χ4n) is 4.39. The lowest BCUT2D eigenvalue weighted by Gasteiger charge is -2.25. The zero-order chi connectivity index (χ0) is 28.1. The molecule has 4 aromatic rings. The molecular weight excluding hydrogens is 640 g/mol. The largest absolute Gasteiger partial charge is 0.496 e. The molecule has 0 amide bonds. The molecule has 0 saturated carbocycles. The van der Waals surface area contributed by atoms with Gasteiger partial charge >= 0.3 is 5.97 Å². The Morgan fingerprint density at radius 3 is 2.15 bits per heavy atom. The summed E-state index contributed by atoms with van der Waals surface area (Å²) in [5, 5.41) is 9.17. The van der Waals surface area contributed by atoms with E-state index in [1.165, 1.54) is 5.56 Å². The second-order valence-electron chi connectivity index (χ2n) is 9.57. The van der Waals surface area contributed by atoms with Crippen molar-refractivity contribution in [1.82, 2.24) is 0 Å². The molecule has 0 heterocycles. The van der Waals surface area contributed by atoms with Crippen molar-refractivity contribution in [1.29, 1.82) is 0 Å². The number of methoxy groups -OCH3 is 1. The summed E-state index contributed by atoms with van der Waals surface area (Å²) in [5.41, 5.74) is 5.02. The Bertz CT molecular complexity index is 1450. The van der Waals surface area contributed by atoms with Gasteiger partial charge in [0.25, 0.3) is 0 Å². The summed E-state index contributed by atoms with van der Waals surface area (Å²) in [5.74, 6) is 1.43. The van der Waals surface area contributed by atoms with Crippen LogP contribution in [-0.4, -0.2) is 18.2 Å². The number of ether oxygens (including phenoxy) is 2. The summed E-state index contributed by atoms with van der Waals surface area (Å²) in [4.78, 5) is 12.4. The molecule has 1 N–H and O–H groups in total. The Balaban J connectivity index is 1.90. The van der Waals surface area contributed by atoms with Crippen LogP contribution in [0.25, 0.3) is 0 Å². The van der Waals surface area contributed by atoms with E-state index >= 15 is 0 Å². The monoisotopic (exact) mass is 668 g/mol. The third kappa shape index (κ3) is 7.27. The summed E-state index contributed by atoms with van der Waals surface area (Å²) >= 11 is 8.98. The Kier molecular flexibility index (Phi) is 9.81. The second kappa shape index (κ2) is 13.1. The number of carboxylic acid groups (broad SMARTS) is 1. The van der Waals surface area contributed by atoms with E-state index in [1.54, 1.807) is 31.0 Å². The van der Waals surface area contributed by atoms with Gasteiger partial charge in [-0.1, -0.05) is 61.9 Å². The molecule has 0 bridgehead atoms. The SMILES string of the molecule is COc1cc(C(Sc2ccccc2)c2cccc(C)c2)c(Oc2c(Br)cc(CC(=O)O)cc2Br)cc1C(C)C. The molecule has 1 unspecified atom stereocenters. The molecular formula is C32H30Br2O4S. The zero-order valence-corrected chi connectivity index (χ0v) is 26.2. The number of aryl methyl sites for hydroxylation is 1. The van der Waals surface area contributed by atoms with Gasteiger partial charge in [0.1, 0.15) is 11.5 Å². The highest BCUT2D eigenvalue weighted by atomic mass is 79.9. The van der Waals surface area contributed by atoms with E-state index in [-0.39, 0.29) is 17.6 Å². The summed E-state index contributed by atoms with van der Waals surface area (Å²) < 4.78 is 13.9.